The van der Waals surface area contributed by atoms with Crippen LogP contribution >= 0.6 is 23.2 Å². The Kier molecular flexibility index (Phi) is 12.4. The Balaban J connectivity index is 1.27. The fourth-order valence-electron chi connectivity index (χ4n) is 13.7. The Labute approximate surface area is 354 Å². The van der Waals surface area contributed by atoms with Crippen LogP contribution in [-0.4, -0.2) is 72.5 Å². The number of ketones is 1. The Morgan fingerprint density at radius 2 is 1.61 bits per heavy atom. The summed E-state index contributed by atoms with van der Waals surface area (Å²) in [5.41, 5.74) is 2.55. The van der Waals surface area contributed by atoms with Crippen molar-refractivity contribution in [2.24, 2.45) is 56.2 Å². The van der Waals surface area contributed by atoms with Gasteiger partial charge in [-0.2, -0.15) is 0 Å². The molecule has 1 aromatic rings. The fraction of sp³-hybridized carbons (Fsp3) is 0.771. The standard InChI is InChI=1S/C48H72Cl2N2O5/c1-30(2)40-35(53)27-48(22-23-52(25-24-51(10)11)29-31-12-13-32(49)26-34(31)50)21-20-46(8)33(41(40)48)14-15-37-45(7)18-17-38(57-39(54)28-43(3,4)42(55)56)44(5,6)36(45)16-19-47(37,46)9/h12-13,26,30,33,36-38H,14-25,27-29H2,1-11H3,(H,55,56)/t33-,36?,37?,38+,45+,46-,47-,48-/m1/s1. The van der Waals surface area contributed by atoms with Crippen LogP contribution in [0.1, 0.15) is 139 Å². The number of hydrogen-bond acceptors (Lipinski definition) is 6. The van der Waals surface area contributed by atoms with Crippen molar-refractivity contribution in [1.82, 2.24) is 9.80 Å². The van der Waals surface area contributed by atoms with E-state index in [4.69, 9.17) is 27.9 Å². The van der Waals surface area contributed by atoms with Crippen LogP contribution in [0.2, 0.25) is 10.0 Å². The summed E-state index contributed by atoms with van der Waals surface area (Å²) in [7, 11) is 4.24. The smallest absolute Gasteiger partial charge is 0.309 e. The predicted octanol–water partition coefficient (Wildman–Crippen LogP) is 11.1. The molecule has 0 amide bonds. The van der Waals surface area contributed by atoms with Crippen molar-refractivity contribution in [3.8, 4) is 0 Å². The predicted molar refractivity (Wildman–Crippen MR) is 230 cm³/mol. The summed E-state index contributed by atoms with van der Waals surface area (Å²) < 4.78 is 6.21. The average Bonchev–Trinajstić information content (AvgIpc) is 3.40. The molecule has 1 aromatic carbocycles. The summed E-state index contributed by atoms with van der Waals surface area (Å²) in [6.45, 7) is 23.6. The van der Waals surface area contributed by atoms with Crippen molar-refractivity contribution in [2.45, 2.75) is 146 Å². The van der Waals surface area contributed by atoms with Crippen LogP contribution in [0.3, 0.4) is 0 Å². The Morgan fingerprint density at radius 1 is 0.912 bits per heavy atom. The van der Waals surface area contributed by atoms with Crippen LogP contribution < -0.4 is 0 Å². The molecule has 0 aliphatic heterocycles. The summed E-state index contributed by atoms with van der Waals surface area (Å²) >= 11 is 13.0. The van der Waals surface area contributed by atoms with Crippen LogP contribution in [0.15, 0.2) is 29.3 Å². The van der Waals surface area contributed by atoms with Gasteiger partial charge in [-0.1, -0.05) is 83.3 Å². The number of aliphatic carboxylic acids is 1. The van der Waals surface area contributed by atoms with E-state index in [1.165, 1.54) is 5.57 Å². The molecule has 7 nitrogen and oxygen atoms in total. The number of carboxylic acids is 1. The minimum absolute atomic E-state index is 0.0742. The number of allylic oxidation sites excluding steroid dienone is 2. The molecule has 0 heterocycles. The molecule has 0 radical (unpaired) electrons. The molecular weight excluding hydrogens is 755 g/mol. The molecule has 2 unspecified atom stereocenters. The highest BCUT2D eigenvalue weighted by atomic mass is 35.5. The zero-order chi connectivity index (χ0) is 42.1. The number of Topliss-reactive ketones (excluding diaryl/α,β-unsaturated/α-hetero) is 1. The minimum atomic E-state index is -1.16. The molecular formula is C48H72Cl2N2O5. The third-order valence-electron chi connectivity index (χ3n) is 17.1. The van der Waals surface area contributed by atoms with Gasteiger partial charge in [0.1, 0.15) is 6.10 Å². The van der Waals surface area contributed by atoms with Gasteiger partial charge in [0.2, 0.25) is 0 Å². The highest BCUT2D eigenvalue weighted by Gasteiger charge is 2.70. The number of ether oxygens (including phenoxy) is 1. The normalized spacial score (nSPS) is 34.9. The van der Waals surface area contributed by atoms with Crippen LogP contribution in [0.5, 0.6) is 0 Å². The lowest BCUT2D eigenvalue weighted by atomic mass is 9.33. The average molecular weight is 828 g/mol. The topological polar surface area (TPSA) is 87.2 Å². The minimum Gasteiger partial charge on any atom is -0.481 e. The van der Waals surface area contributed by atoms with Crippen molar-refractivity contribution >= 4 is 40.9 Å². The van der Waals surface area contributed by atoms with E-state index in [1.807, 2.05) is 12.1 Å². The molecule has 57 heavy (non-hydrogen) atoms. The molecule has 4 fully saturated rings. The molecule has 0 spiro atoms. The SMILES string of the molecule is CC(C)C1=C2[C@H]3CCC4[C@@]5(C)CC[C@H](OC(=O)CC(C)(C)C(=O)O)C(C)(C)C5CC[C@@]4(C)[C@]3(C)CC[C@@]2(CCN(CCN(C)C)Cc2ccc(Cl)cc2Cl)CC1=O. The van der Waals surface area contributed by atoms with Crippen LogP contribution in [0.4, 0.5) is 0 Å². The van der Waals surface area contributed by atoms with E-state index in [1.54, 1.807) is 13.8 Å². The quantitative estimate of drug-likeness (QED) is 0.198. The van der Waals surface area contributed by atoms with Crippen LogP contribution in [0.25, 0.3) is 0 Å². The third kappa shape index (κ3) is 7.80. The Morgan fingerprint density at radius 3 is 2.25 bits per heavy atom. The lowest BCUT2D eigenvalue weighted by molar-refractivity contribution is -0.233. The van der Waals surface area contributed by atoms with Gasteiger partial charge in [0.15, 0.2) is 5.78 Å². The molecule has 8 atom stereocenters. The number of benzene rings is 1. The van der Waals surface area contributed by atoms with Crippen molar-refractivity contribution in [3.63, 3.8) is 0 Å². The molecule has 0 bridgehead atoms. The third-order valence-corrected chi connectivity index (χ3v) is 17.7. The number of nitrogens with zero attached hydrogens (tertiary/aromatic N) is 2. The molecule has 0 saturated heterocycles. The van der Waals surface area contributed by atoms with Gasteiger partial charge in [-0.05, 0) is 155 Å². The van der Waals surface area contributed by atoms with E-state index in [-0.39, 0.29) is 45.5 Å². The summed E-state index contributed by atoms with van der Waals surface area (Å²) in [6, 6.07) is 5.82. The molecule has 318 valence electrons. The Hall–Kier alpha value is -1.93. The van der Waals surface area contributed by atoms with Gasteiger partial charge < -0.3 is 14.7 Å². The number of esters is 1. The molecule has 0 aromatic heterocycles. The van der Waals surface area contributed by atoms with Gasteiger partial charge in [0.05, 0.1) is 11.8 Å². The number of carbonyl (C=O) groups excluding carboxylic acids is 2. The second-order valence-electron chi connectivity index (χ2n) is 21.7. The first-order chi connectivity index (χ1) is 26.4. The van der Waals surface area contributed by atoms with Crippen molar-refractivity contribution in [2.75, 3.05) is 33.7 Å². The molecule has 5 aliphatic carbocycles. The molecule has 1 N–H and O–H groups in total. The van der Waals surface area contributed by atoms with E-state index in [0.717, 1.165) is 95.1 Å². The summed E-state index contributed by atoms with van der Waals surface area (Å²) in [6.07, 6.45) is 9.76. The number of likely N-dealkylation sites (N-methyl/N-ethyl adjacent to an activating group) is 1. The number of halogens is 2. The highest BCUT2D eigenvalue weighted by Crippen LogP contribution is 2.77. The maximum atomic E-state index is 14.3. The van der Waals surface area contributed by atoms with Gasteiger partial charge >= 0.3 is 11.9 Å². The largest absolute Gasteiger partial charge is 0.481 e. The van der Waals surface area contributed by atoms with E-state index >= 15 is 0 Å². The second-order valence-corrected chi connectivity index (χ2v) is 22.6. The van der Waals surface area contributed by atoms with Gasteiger partial charge in [0, 0.05) is 46.9 Å². The molecule has 5 aliphatic rings. The van der Waals surface area contributed by atoms with Crippen LogP contribution in [-0.2, 0) is 25.7 Å². The van der Waals surface area contributed by atoms with E-state index in [0.29, 0.717) is 40.0 Å². The fourth-order valence-corrected chi connectivity index (χ4v) is 14.2. The van der Waals surface area contributed by atoms with Crippen molar-refractivity contribution in [1.29, 1.82) is 0 Å². The summed E-state index contributed by atoms with van der Waals surface area (Å²) in [4.78, 5) is 44.0. The van der Waals surface area contributed by atoms with Crippen LogP contribution in [0, 0.1) is 56.2 Å². The van der Waals surface area contributed by atoms with E-state index < -0.39 is 17.4 Å². The molecule has 9 heteroatoms. The maximum Gasteiger partial charge on any atom is 0.309 e. The summed E-state index contributed by atoms with van der Waals surface area (Å²) in [5.74, 6) is 0.516. The maximum absolute atomic E-state index is 14.3. The highest BCUT2D eigenvalue weighted by molar-refractivity contribution is 6.35. The van der Waals surface area contributed by atoms with Crippen molar-refractivity contribution < 1.29 is 24.2 Å². The van der Waals surface area contributed by atoms with Gasteiger partial charge in [-0.3, -0.25) is 19.3 Å². The van der Waals surface area contributed by atoms with Gasteiger partial charge in [-0.15, -0.1) is 0 Å². The Bertz CT molecular complexity index is 1770. The monoisotopic (exact) mass is 826 g/mol. The number of hydrogen-bond donors (Lipinski definition) is 1. The summed E-state index contributed by atoms with van der Waals surface area (Å²) in [5, 5.41) is 11.0. The number of fused-ring (bicyclic) bond motifs is 7. The van der Waals surface area contributed by atoms with E-state index in [9.17, 15) is 19.5 Å². The second kappa shape index (κ2) is 15.8. The molecule has 6 rings (SSSR count). The van der Waals surface area contributed by atoms with Gasteiger partial charge in [-0.25, -0.2) is 0 Å². The molecule has 4 saturated carbocycles. The lowest BCUT2D eigenvalue weighted by Gasteiger charge is -2.72. The number of carbonyl (C=O) groups is 3. The zero-order valence-electron chi connectivity index (χ0n) is 37.0. The first-order valence-electron chi connectivity index (χ1n) is 21.9. The van der Waals surface area contributed by atoms with Crippen molar-refractivity contribution in [3.05, 3.63) is 45.0 Å². The number of rotatable bonds is 13. The first-order valence-corrected chi connectivity index (χ1v) is 22.7. The van der Waals surface area contributed by atoms with E-state index in [2.05, 4.69) is 78.4 Å². The lowest BCUT2D eigenvalue weighted by Crippen LogP contribution is -2.65. The zero-order valence-corrected chi connectivity index (χ0v) is 38.5. The first kappa shape index (κ1) is 44.6. The van der Waals surface area contributed by atoms with Gasteiger partial charge in [0.25, 0.3) is 0 Å². The number of carboxylic acid groups (broad SMARTS) is 1.